The molecule has 0 saturated carbocycles. The molecule has 1 aliphatic rings. The van der Waals surface area contributed by atoms with Crippen molar-refractivity contribution < 1.29 is 9.53 Å². The van der Waals surface area contributed by atoms with Crippen molar-refractivity contribution >= 4 is 5.97 Å². The topological polar surface area (TPSA) is 55.6 Å². The Bertz CT molecular complexity index is 234. The number of rotatable bonds is 5. The van der Waals surface area contributed by atoms with Crippen LogP contribution in [0.1, 0.15) is 46.0 Å². The molecule has 4 nitrogen and oxygen atoms in total. The first-order valence-corrected chi connectivity index (χ1v) is 6.74. The van der Waals surface area contributed by atoms with Crippen LogP contribution in [0.4, 0.5) is 0 Å². The summed E-state index contributed by atoms with van der Waals surface area (Å²) in [4.78, 5) is 14.1. The zero-order valence-electron chi connectivity index (χ0n) is 11.2. The summed E-state index contributed by atoms with van der Waals surface area (Å²) < 4.78 is 4.99. The molecule has 0 aliphatic carbocycles. The highest BCUT2D eigenvalue weighted by Gasteiger charge is 2.30. The fourth-order valence-electron chi connectivity index (χ4n) is 2.15. The summed E-state index contributed by atoms with van der Waals surface area (Å²) in [6.45, 7) is 7.14. The van der Waals surface area contributed by atoms with E-state index in [9.17, 15) is 4.79 Å². The summed E-state index contributed by atoms with van der Waals surface area (Å²) >= 11 is 0. The predicted octanol–water partition coefficient (Wildman–Crippen LogP) is 1.53. The van der Waals surface area contributed by atoms with Gasteiger partial charge in [-0.15, -0.1) is 0 Å². The van der Waals surface area contributed by atoms with Gasteiger partial charge in [-0.25, -0.2) is 0 Å². The minimum Gasteiger partial charge on any atom is -0.465 e. The summed E-state index contributed by atoms with van der Waals surface area (Å²) in [5.41, 5.74) is 5.16. The zero-order valence-corrected chi connectivity index (χ0v) is 11.2. The average molecular weight is 242 g/mol. The zero-order chi connectivity index (χ0) is 12.7. The molecule has 1 rings (SSSR count). The molecule has 0 spiro atoms. The molecule has 0 aromatic heterocycles. The molecule has 4 heteroatoms. The molecule has 1 saturated heterocycles. The lowest BCUT2D eigenvalue weighted by Crippen LogP contribution is -2.48. The van der Waals surface area contributed by atoms with Crippen LogP contribution in [0.2, 0.25) is 0 Å². The maximum absolute atomic E-state index is 11.6. The number of esters is 1. The third kappa shape index (κ3) is 5.04. The second kappa shape index (κ2) is 6.97. The quantitative estimate of drug-likeness (QED) is 0.743. The van der Waals surface area contributed by atoms with Crippen LogP contribution >= 0.6 is 0 Å². The molecule has 0 bridgehead atoms. The molecular weight excluding hydrogens is 216 g/mol. The summed E-state index contributed by atoms with van der Waals surface area (Å²) in [7, 11) is 0. The van der Waals surface area contributed by atoms with Crippen LogP contribution in [0.3, 0.4) is 0 Å². The first-order chi connectivity index (χ1) is 8.06. The number of carbonyl (C=O) groups is 1. The van der Waals surface area contributed by atoms with Crippen molar-refractivity contribution in [2.45, 2.75) is 51.5 Å². The van der Waals surface area contributed by atoms with Crippen LogP contribution in [0, 0.1) is 0 Å². The van der Waals surface area contributed by atoms with Crippen LogP contribution in [-0.2, 0) is 9.53 Å². The van der Waals surface area contributed by atoms with Crippen molar-refractivity contribution in [3.8, 4) is 0 Å². The van der Waals surface area contributed by atoms with Gasteiger partial charge in [0.1, 0.15) is 5.54 Å². The molecule has 1 atom stereocenters. The van der Waals surface area contributed by atoms with E-state index in [1.54, 1.807) is 6.92 Å². The lowest BCUT2D eigenvalue weighted by molar-refractivity contribution is -0.149. The number of hydrogen-bond acceptors (Lipinski definition) is 4. The Balaban J connectivity index is 2.34. The normalized spacial score (nSPS) is 21.6. The average Bonchev–Trinajstić information content (AvgIpc) is 2.55. The van der Waals surface area contributed by atoms with Crippen LogP contribution in [0.5, 0.6) is 0 Å². The molecule has 0 radical (unpaired) electrons. The highest BCUT2D eigenvalue weighted by molar-refractivity contribution is 5.79. The van der Waals surface area contributed by atoms with E-state index >= 15 is 0 Å². The minimum absolute atomic E-state index is 0.283. The second-order valence-corrected chi connectivity index (χ2v) is 5.14. The van der Waals surface area contributed by atoms with Crippen LogP contribution < -0.4 is 5.73 Å². The van der Waals surface area contributed by atoms with E-state index < -0.39 is 5.54 Å². The molecule has 1 aliphatic heterocycles. The van der Waals surface area contributed by atoms with Gasteiger partial charge in [-0.05, 0) is 46.2 Å². The Hall–Kier alpha value is -0.610. The number of nitrogens with zero attached hydrogens (tertiary/aromatic N) is 1. The van der Waals surface area contributed by atoms with Crippen LogP contribution in [0.25, 0.3) is 0 Å². The first-order valence-electron chi connectivity index (χ1n) is 6.74. The number of likely N-dealkylation sites (tertiary alicyclic amines) is 1. The fraction of sp³-hybridized carbons (Fsp3) is 0.923. The van der Waals surface area contributed by atoms with E-state index in [0.29, 0.717) is 13.0 Å². The minimum atomic E-state index is -0.845. The summed E-state index contributed by atoms with van der Waals surface area (Å²) in [6.07, 6.45) is 5.86. The number of ether oxygens (including phenoxy) is 1. The number of carbonyl (C=O) groups excluding carboxylic acids is 1. The second-order valence-electron chi connectivity index (χ2n) is 5.14. The molecule has 0 amide bonds. The third-order valence-corrected chi connectivity index (χ3v) is 3.39. The monoisotopic (exact) mass is 242 g/mol. The van der Waals surface area contributed by atoms with Gasteiger partial charge >= 0.3 is 5.97 Å². The Kier molecular flexibility index (Phi) is 5.92. The van der Waals surface area contributed by atoms with Gasteiger partial charge in [0.2, 0.25) is 0 Å². The third-order valence-electron chi connectivity index (χ3n) is 3.39. The molecule has 1 unspecified atom stereocenters. The van der Waals surface area contributed by atoms with Crippen molar-refractivity contribution in [2.24, 2.45) is 5.73 Å². The van der Waals surface area contributed by atoms with E-state index in [-0.39, 0.29) is 5.97 Å². The molecule has 0 aromatic rings. The van der Waals surface area contributed by atoms with E-state index in [0.717, 1.165) is 19.6 Å². The lowest BCUT2D eigenvalue weighted by atomic mass is 9.99. The van der Waals surface area contributed by atoms with E-state index in [1.165, 1.54) is 25.7 Å². The van der Waals surface area contributed by atoms with Gasteiger partial charge in [-0.1, -0.05) is 12.8 Å². The smallest absolute Gasteiger partial charge is 0.325 e. The molecule has 100 valence electrons. The van der Waals surface area contributed by atoms with E-state index in [2.05, 4.69) is 4.90 Å². The van der Waals surface area contributed by atoms with Gasteiger partial charge in [0.05, 0.1) is 6.61 Å². The van der Waals surface area contributed by atoms with Crippen molar-refractivity contribution in [3.05, 3.63) is 0 Å². The van der Waals surface area contributed by atoms with Gasteiger partial charge in [-0.2, -0.15) is 0 Å². The lowest BCUT2D eigenvalue weighted by Gasteiger charge is -2.26. The van der Waals surface area contributed by atoms with Crippen molar-refractivity contribution in [1.29, 1.82) is 0 Å². The maximum Gasteiger partial charge on any atom is 0.325 e. The SMILES string of the molecule is CCOC(=O)C(C)(N)CCN1CCCCCC1. The number of nitrogens with two attached hydrogens (primary N) is 1. The Morgan fingerprint density at radius 1 is 1.29 bits per heavy atom. The van der Waals surface area contributed by atoms with Crippen LogP contribution in [-0.4, -0.2) is 42.6 Å². The van der Waals surface area contributed by atoms with Crippen molar-refractivity contribution in [3.63, 3.8) is 0 Å². The molecule has 1 fully saturated rings. The van der Waals surface area contributed by atoms with E-state index in [1.807, 2.05) is 6.92 Å². The van der Waals surface area contributed by atoms with Gasteiger partial charge in [-0.3, -0.25) is 4.79 Å². The predicted molar refractivity (Wildman–Crippen MR) is 68.8 cm³/mol. The molecule has 0 aromatic carbocycles. The highest BCUT2D eigenvalue weighted by atomic mass is 16.5. The molecular formula is C13H26N2O2. The largest absolute Gasteiger partial charge is 0.465 e. The van der Waals surface area contributed by atoms with Gasteiger partial charge in [0.25, 0.3) is 0 Å². The highest BCUT2D eigenvalue weighted by Crippen LogP contribution is 2.14. The Morgan fingerprint density at radius 2 is 1.88 bits per heavy atom. The maximum atomic E-state index is 11.6. The van der Waals surface area contributed by atoms with Crippen LogP contribution in [0.15, 0.2) is 0 Å². The van der Waals surface area contributed by atoms with Gasteiger partial charge < -0.3 is 15.4 Å². The van der Waals surface area contributed by atoms with E-state index in [4.69, 9.17) is 10.5 Å². The first kappa shape index (κ1) is 14.5. The van der Waals surface area contributed by atoms with Gasteiger partial charge in [0.15, 0.2) is 0 Å². The number of hydrogen-bond donors (Lipinski definition) is 1. The Labute approximate surface area is 104 Å². The molecule has 1 heterocycles. The summed E-state index contributed by atoms with van der Waals surface area (Å²) in [6, 6.07) is 0. The van der Waals surface area contributed by atoms with Crippen molar-refractivity contribution in [1.82, 2.24) is 4.90 Å². The standard InChI is InChI=1S/C13H26N2O2/c1-3-17-12(16)13(2,14)8-11-15-9-6-4-5-7-10-15/h3-11,14H2,1-2H3. The fourth-order valence-corrected chi connectivity index (χ4v) is 2.15. The summed E-state index contributed by atoms with van der Waals surface area (Å²) in [5.74, 6) is -0.283. The molecule has 17 heavy (non-hydrogen) atoms. The Morgan fingerprint density at radius 3 is 2.41 bits per heavy atom. The van der Waals surface area contributed by atoms with Crippen molar-refractivity contribution in [2.75, 3.05) is 26.2 Å². The summed E-state index contributed by atoms with van der Waals surface area (Å²) in [5, 5.41) is 0. The van der Waals surface area contributed by atoms with Gasteiger partial charge in [0, 0.05) is 6.54 Å². The molecule has 2 N–H and O–H groups in total.